The van der Waals surface area contributed by atoms with E-state index in [-0.39, 0.29) is 5.97 Å². The van der Waals surface area contributed by atoms with Crippen molar-refractivity contribution in [1.29, 1.82) is 0 Å². The van der Waals surface area contributed by atoms with E-state index in [1.165, 1.54) is 54.4 Å². The van der Waals surface area contributed by atoms with Crippen LogP contribution < -0.4 is 15.9 Å². The first-order chi connectivity index (χ1) is 17.3. The third-order valence-corrected chi connectivity index (χ3v) is 10.7. The van der Waals surface area contributed by atoms with E-state index in [9.17, 15) is 4.79 Å². The van der Waals surface area contributed by atoms with Crippen molar-refractivity contribution in [2.45, 2.75) is 71.1 Å². The lowest BCUT2D eigenvalue weighted by molar-refractivity contribution is -0.143. The van der Waals surface area contributed by atoms with Crippen molar-refractivity contribution in [3.63, 3.8) is 0 Å². The van der Waals surface area contributed by atoms with Gasteiger partial charge in [0, 0.05) is 6.42 Å². The summed E-state index contributed by atoms with van der Waals surface area (Å²) in [7, 11) is 0. The second-order valence-electron chi connectivity index (χ2n) is 9.08. The third-order valence-electron chi connectivity index (χ3n) is 6.53. The summed E-state index contributed by atoms with van der Waals surface area (Å²) in [5, 5.41) is 4.29. The molecular formula is C32H41O2P. The van der Waals surface area contributed by atoms with Gasteiger partial charge in [-0.2, -0.15) is 0 Å². The smallest absolute Gasteiger partial charge is 0.305 e. The lowest BCUT2D eigenvalue weighted by Crippen LogP contribution is -2.26. The molecule has 0 spiro atoms. The van der Waals surface area contributed by atoms with E-state index < -0.39 is 6.89 Å². The van der Waals surface area contributed by atoms with E-state index >= 15 is 0 Å². The van der Waals surface area contributed by atoms with Crippen molar-refractivity contribution in [2.75, 3.05) is 6.61 Å². The van der Waals surface area contributed by atoms with Crippen LogP contribution in [0.1, 0.15) is 71.1 Å². The fourth-order valence-corrected chi connectivity index (χ4v) is 8.77. The Kier molecular flexibility index (Phi) is 11.9. The highest BCUT2D eigenvalue weighted by molar-refractivity contribution is 7.94. The highest BCUT2D eigenvalue weighted by atomic mass is 31.2. The molecule has 0 bridgehead atoms. The number of hydrogen-bond donors (Lipinski definition) is 0. The molecule has 186 valence electrons. The minimum Gasteiger partial charge on any atom is -0.466 e. The van der Waals surface area contributed by atoms with Gasteiger partial charge in [-0.1, -0.05) is 135 Å². The van der Waals surface area contributed by atoms with Crippen LogP contribution in [0.5, 0.6) is 0 Å². The van der Waals surface area contributed by atoms with Gasteiger partial charge in [0.1, 0.15) is 0 Å². The molecular weight excluding hydrogens is 447 g/mol. The zero-order valence-corrected chi connectivity index (χ0v) is 22.2. The van der Waals surface area contributed by atoms with Crippen molar-refractivity contribution in [2.24, 2.45) is 0 Å². The van der Waals surface area contributed by atoms with Crippen molar-refractivity contribution in [3.8, 4) is 0 Å². The maximum Gasteiger partial charge on any atom is 0.305 e. The van der Waals surface area contributed by atoms with Crippen molar-refractivity contribution >= 4 is 34.6 Å². The predicted octanol–water partition coefficient (Wildman–Crippen LogP) is 7.25. The minimum absolute atomic E-state index is 0.0517. The summed E-state index contributed by atoms with van der Waals surface area (Å²) < 4.78 is 4.99. The molecule has 0 heterocycles. The van der Waals surface area contributed by atoms with Gasteiger partial charge in [0.15, 0.2) is 0 Å². The maximum absolute atomic E-state index is 11.4. The van der Waals surface area contributed by atoms with Crippen molar-refractivity contribution in [3.05, 3.63) is 91.0 Å². The molecule has 35 heavy (non-hydrogen) atoms. The van der Waals surface area contributed by atoms with Gasteiger partial charge in [0.05, 0.1) is 6.61 Å². The first-order valence-corrected chi connectivity index (χ1v) is 15.2. The molecule has 0 radical (unpaired) electrons. The number of hydrogen-bond acceptors (Lipinski definition) is 2. The molecule has 3 aromatic carbocycles. The van der Waals surface area contributed by atoms with Crippen LogP contribution in [0.2, 0.25) is 0 Å². The topological polar surface area (TPSA) is 26.3 Å². The monoisotopic (exact) mass is 488 g/mol. The average molecular weight is 489 g/mol. The average Bonchev–Trinajstić information content (AvgIpc) is 2.91. The van der Waals surface area contributed by atoms with E-state index in [4.69, 9.17) is 4.74 Å². The van der Waals surface area contributed by atoms with Gasteiger partial charge >= 0.3 is 5.97 Å². The molecule has 3 aromatic rings. The summed E-state index contributed by atoms with van der Waals surface area (Å²) in [5.41, 5.74) is 0. The lowest BCUT2D eigenvalue weighted by atomic mass is 10.1. The molecule has 0 fully saturated rings. The largest absolute Gasteiger partial charge is 0.466 e. The Hall–Kier alpha value is -2.57. The molecule has 2 nitrogen and oxygen atoms in total. The van der Waals surface area contributed by atoms with Crippen LogP contribution in [-0.2, 0) is 9.53 Å². The Bertz CT molecular complexity index is 926. The van der Waals surface area contributed by atoms with Crippen molar-refractivity contribution < 1.29 is 9.53 Å². The highest BCUT2D eigenvalue weighted by Crippen LogP contribution is 2.44. The number of carbonyl (C=O) groups is 1. The van der Waals surface area contributed by atoms with Crippen LogP contribution in [0, 0.1) is 0 Å². The van der Waals surface area contributed by atoms with E-state index in [0.717, 1.165) is 19.3 Å². The van der Waals surface area contributed by atoms with Crippen LogP contribution in [0.25, 0.3) is 0 Å². The fraction of sp³-hybridized carbons (Fsp3) is 0.375. The molecule has 0 aliphatic heterocycles. The van der Waals surface area contributed by atoms with E-state index in [2.05, 4.69) is 96.8 Å². The summed E-state index contributed by atoms with van der Waals surface area (Å²) in [4.78, 5) is 11.4. The van der Waals surface area contributed by atoms with Crippen LogP contribution >= 0.6 is 6.89 Å². The number of carbonyl (C=O) groups excluding carboxylic acids is 1. The number of unbranched alkanes of at least 4 members (excludes halogenated alkanes) is 8. The third kappa shape index (κ3) is 8.25. The predicted molar refractivity (Wildman–Crippen MR) is 154 cm³/mol. The number of esters is 1. The van der Waals surface area contributed by atoms with Crippen LogP contribution in [0.15, 0.2) is 91.0 Å². The maximum atomic E-state index is 11.4. The Morgan fingerprint density at radius 3 is 1.46 bits per heavy atom. The van der Waals surface area contributed by atoms with Crippen LogP contribution in [0.3, 0.4) is 0 Å². The van der Waals surface area contributed by atoms with Crippen LogP contribution in [0.4, 0.5) is 0 Å². The molecule has 3 heteroatoms. The Labute approximate surface area is 212 Å². The summed E-state index contributed by atoms with van der Waals surface area (Å²) in [6.07, 6.45) is 11.4. The van der Waals surface area contributed by atoms with E-state index in [1.807, 2.05) is 6.92 Å². The first kappa shape index (κ1) is 27.0. The van der Waals surface area contributed by atoms with Crippen LogP contribution in [-0.4, -0.2) is 18.4 Å². The zero-order valence-electron chi connectivity index (χ0n) is 21.3. The molecule has 0 aromatic heterocycles. The molecule has 0 aliphatic rings. The molecule has 0 saturated heterocycles. The van der Waals surface area contributed by atoms with Gasteiger partial charge in [-0.05, 0) is 49.0 Å². The quantitative estimate of drug-likeness (QED) is 0.128. The molecule has 3 rings (SSSR count). The molecule has 0 amide bonds. The minimum atomic E-state index is -1.80. The van der Waals surface area contributed by atoms with Gasteiger partial charge in [-0.3, -0.25) is 4.79 Å². The van der Waals surface area contributed by atoms with Crippen molar-refractivity contribution in [1.82, 2.24) is 0 Å². The summed E-state index contributed by atoms with van der Waals surface area (Å²) in [6, 6.07) is 33.3. The van der Waals surface area contributed by atoms with Gasteiger partial charge in [0.2, 0.25) is 0 Å². The summed E-state index contributed by atoms with van der Waals surface area (Å²) >= 11 is 0. The zero-order chi connectivity index (χ0) is 24.6. The molecule has 0 N–H and O–H groups in total. The second-order valence-corrected chi connectivity index (χ2v) is 12.4. The number of rotatable bonds is 15. The fourth-order valence-electron chi connectivity index (χ4n) is 4.75. The number of ether oxygens (including phenoxy) is 1. The molecule has 0 aliphatic carbocycles. The Morgan fingerprint density at radius 2 is 1.03 bits per heavy atom. The van der Waals surface area contributed by atoms with E-state index in [1.54, 1.807) is 0 Å². The molecule has 0 atom stereocenters. The highest BCUT2D eigenvalue weighted by Gasteiger charge is 2.24. The van der Waals surface area contributed by atoms with Gasteiger partial charge in [-0.25, -0.2) is 0 Å². The molecule has 0 saturated carbocycles. The SMILES string of the molecule is CCOC(=O)CCCCCCCCCCC=P(c1ccccc1)(c1ccccc1)c1ccccc1. The Balaban J connectivity index is 1.58. The summed E-state index contributed by atoms with van der Waals surface area (Å²) in [5.74, 6) is 2.60. The second kappa shape index (κ2) is 15.4. The summed E-state index contributed by atoms with van der Waals surface area (Å²) in [6.45, 7) is 0.548. The normalized spacial score (nSPS) is 11.2. The van der Waals surface area contributed by atoms with Gasteiger partial charge in [-0.15, -0.1) is 0 Å². The number of benzene rings is 3. The van der Waals surface area contributed by atoms with Gasteiger partial charge < -0.3 is 4.74 Å². The van der Waals surface area contributed by atoms with Gasteiger partial charge in [0.25, 0.3) is 0 Å². The molecule has 0 unspecified atom stereocenters. The lowest BCUT2D eigenvalue weighted by Gasteiger charge is -2.29. The first-order valence-electron chi connectivity index (χ1n) is 13.3. The standard InChI is InChI=1S/C32H41O2P/c1-2-34-32(33)27-19-8-6-4-3-5-7-9-20-28-35(29-21-13-10-14-22-29,30-23-15-11-16-24-30)31-25-17-12-18-26-31/h10-18,21-26,28H,2-9,19-20,27H2,1H3. The van der Waals surface area contributed by atoms with E-state index in [0.29, 0.717) is 13.0 Å². The Morgan fingerprint density at radius 1 is 0.629 bits per heavy atom.